The van der Waals surface area contributed by atoms with Gasteiger partial charge in [0.05, 0.1) is 34.8 Å². The minimum absolute atomic E-state index is 0.199. The maximum Gasteiger partial charge on any atom is 0.0956 e. The molecule has 0 aromatic rings. The summed E-state index contributed by atoms with van der Waals surface area (Å²) in [6.07, 6.45) is 0.643. The van der Waals surface area contributed by atoms with E-state index in [1.165, 1.54) is 0 Å². The Morgan fingerprint density at radius 1 is 1.73 bits per heavy atom. The Hall–Kier alpha value is -0.440. The van der Waals surface area contributed by atoms with E-state index in [4.69, 9.17) is 15.1 Å². The average Bonchev–Trinajstić information content (AvgIpc) is 2.04. The van der Waals surface area contributed by atoms with Crippen molar-refractivity contribution in [3.8, 4) is 6.07 Å². The lowest BCUT2D eigenvalue weighted by molar-refractivity contribution is 0.0842. The quantitative estimate of drug-likeness (QED) is 0.584. The van der Waals surface area contributed by atoms with E-state index in [0.29, 0.717) is 19.6 Å². The predicted molar refractivity (Wildman–Crippen MR) is 40.7 cm³/mol. The van der Waals surface area contributed by atoms with Gasteiger partial charge >= 0.3 is 0 Å². The van der Waals surface area contributed by atoms with Gasteiger partial charge in [0, 0.05) is 6.61 Å². The predicted octanol–water partition coefficient (Wildman–Crippen LogP) is -0.463. The van der Waals surface area contributed by atoms with Gasteiger partial charge in [-0.05, 0) is 6.42 Å². The molecule has 0 aromatic heterocycles. The minimum atomic E-state index is -1.43. The lowest BCUT2D eigenvalue weighted by Gasteiger charge is -2.24. The summed E-state index contributed by atoms with van der Waals surface area (Å²) in [5.41, 5.74) is 0. The molecule has 3 unspecified atom stereocenters. The fraction of sp³-hybridized carbons (Fsp3) is 0.833. The third-order valence-electron chi connectivity index (χ3n) is 1.77. The van der Waals surface area contributed by atoms with Crippen LogP contribution in [-0.4, -0.2) is 22.7 Å². The van der Waals surface area contributed by atoms with E-state index in [-0.39, 0.29) is 11.2 Å². The van der Waals surface area contributed by atoms with Gasteiger partial charge in [0.15, 0.2) is 0 Å². The molecule has 11 heavy (non-hydrogen) atoms. The highest BCUT2D eigenvalue weighted by Gasteiger charge is 2.28. The molecule has 0 radical (unpaired) electrons. The molecule has 0 amide bonds. The van der Waals surface area contributed by atoms with E-state index >= 15 is 0 Å². The van der Waals surface area contributed by atoms with E-state index < -0.39 is 11.0 Å². The lowest BCUT2D eigenvalue weighted by atomic mass is 10.0. The number of hydrogen-bond acceptors (Lipinski definition) is 3. The Bertz CT molecular complexity index is 201. The molecular formula is C6H10N2O2S. The Morgan fingerprint density at radius 2 is 2.45 bits per heavy atom. The van der Waals surface area contributed by atoms with E-state index in [1.807, 2.05) is 0 Å². The van der Waals surface area contributed by atoms with Gasteiger partial charge in [0.2, 0.25) is 0 Å². The van der Waals surface area contributed by atoms with Crippen molar-refractivity contribution >= 4 is 11.0 Å². The van der Waals surface area contributed by atoms with Gasteiger partial charge in [0.1, 0.15) is 0 Å². The van der Waals surface area contributed by atoms with Crippen molar-refractivity contribution in [2.24, 2.45) is 11.1 Å². The van der Waals surface area contributed by atoms with Crippen LogP contribution in [0.15, 0.2) is 0 Å². The maximum absolute atomic E-state index is 10.8. The molecule has 5 heteroatoms. The van der Waals surface area contributed by atoms with Crippen molar-refractivity contribution in [3.63, 3.8) is 0 Å². The third kappa shape index (κ3) is 1.99. The van der Waals surface area contributed by atoms with Gasteiger partial charge in [-0.3, -0.25) is 5.14 Å². The Balaban J connectivity index is 2.60. The fourth-order valence-corrected chi connectivity index (χ4v) is 1.84. The smallest absolute Gasteiger partial charge is 0.0956 e. The fourth-order valence-electron chi connectivity index (χ4n) is 1.09. The number of nitriles is 1. The molecule has 2 N–H and O–H groups in total. The topological polar surface area (TPSA) is 76.1 Å². The van der Waals surface area contributed by atoms with Crippen LogP contribution in [0, 0.1) is 17.2 Å². The summed E-state index contributed by atoms with van der Waals surface area (Å²) >= 11 is 0. The van der Waals surface area contributed by atoms with Gasteiger partial charge < -0.3 is 4.74 Å². The van der Waals surface area contributed by atoms with Crippen molar-refractivity contribution in [2.75, 3.05) is 13.2 Å². The minimum Gasteiger partial charge on any atom is -0.380 e. The van der Waals surface area contributed by atoms with Crippen LogP contribution in [0.2, 0.25) is 0 Å². The molecule has 1 rings (SSSR count). The molecule has 3 atom stereocenters. The van der Waals surface area contributed by atoms with Crippen molar-refractivity contribution in [1.29, 1.82) is 5.26 Å². The van der Waals surface area contributed by atoms with Gasteiger partial charge in [0.25, 0.3) is 0 Å². The molecule has 0 spiro atoms. The van der Waals surface area contributed by atoms with Gasteiger partial charge in [-0.25, -0.2) is 4.21 Å². The van der Waals surface area contributed by atoms with Crippen LogP contribution in [0.5, 0.6) is 0 Å². The second-order valence-corrected chi connectivity index (χ2v) is 3.73. The number of nitrogens with zero attached hydrogens (tertiary/aromatic N) is 1. The SMILES string of the molecule is N#CC1CCOCC1S(N)=O. The number of nitrogens with two attached hydrogens (primary N) is 1. The van der Waals surface area contributed by atoms with Crippen LogP contribution in [0.1, 0.15) is 6.42 Å². The number of hydrogen-bond donors (Lipinski definition) is 1. The summed E-state index contributed by atoms with van der Waals surface area (Å²) in [4.78, 5) is 0. The average molecular weight is 174 g/mol. The highest BCUT2D eigenvalue weighted by Crippen LogP contribution is 2.17. The van der Waals surface area contributed by atoms with Gasteiger partial charge in [-0.1, -0.05) is 0 Å². The monoisotopic (exact) mass is 174 g/mol. The normalized spacial score (nSPS) is 34.2. The highest BCUT2D eigenvalue weighted by atomic mass is 32.2. The van der Waals surface area contributed by atoms with Crippen LogP contribution >= 0.6 is 0 Å². The zero-order chi connectivity index (χ0) is 8.27. The molecule has 1 fully saturated rings. The van der Waals surface area contributed by atoms with Crippen molar-refractivity contribution in [2.45, 2.75) is 11.7 Å². The standard InChI is InChI=1S/C6H10N2O2S/c7-3-5-1-2-10-4-6(5)11(8)9/h5-6H,1-2,4,8H2. The molecular weight excluding hydrogens is 164 g/mol. The zero-order valence-corrected chi connectivity index (χ0v) is 6.84. The summed E-state index contributed by atoms with van der Waals surface area (Å²) in [5.74, 6) is -0.199. The molecule has 62 valence electrons. The summed E-state index contributed by atoms with van der Waals surface area (Å²) in [6.45, 7) is 0.924. The second kappa shape index (κ2) is 3.81. The number of rotatable bonds is 1. The molecule has 1 aliphatic heterocycles. The summed E-state index contributed by atoms with van der Waals surface area (Å²) in [6, 6.07) is 2.08. The molecule has 0 bridgehead atoms. The van der Waals surface area contributed by atoms with Crippen molar-refractivity contribution in [1.82, 2.24) is 0 Å². The first-order valence-electron chi connectivity index (χ1n) is 3.38. The van der Waals surface area contributed by atoms with Gasteiger partial charge in [-0.15, -0.1) is 0 Å². The zero-order valence-electron chi connectivity index (χ0n) is 6.03. The molecule has 1 heterocycles. The Labute approximate surface area is 67.9 Å². The van der Waals surface area contributed by atoms with E-state index in [2.05, 4.69) is 6.07 Å². The summed E-state index contributed by atoms with van der Waals surface area (Å²) < 4.78 is 15.9. The molecule has 1 saturated heterocycles. The molecule has 1 aliphatic rings. The Kier molecular flexibility index (Phi) is 3.00. The Morgan fingerprint density at radius 3 is 2.91 bits per heavy atom. The van der Waals surface area contributed by atoms with Crippen molar-refractivity contribution < 1.29 is 8.95 Å². The van der Waals surface area contributed by atoms with Crippen molar-refractivity contribution in [3.05, 3.63) is 0 Å². The van der Waals surface area contributed by atoms with Crippen LogP contribution < -0.4 is 5.14 Å². The molecule has 0 saturated carbocycles. The first kappa shape index (κ1) is 8.65. The van der Waals surface area contributed by atoms with E-state index in [9.17, 15) is 4.21 Å². The largest absolute Gasteiger partial charge is 0.380 e. The van der Waals surface area contributed by atoms with Crippen LogP contribution in [0.4, 0.5) is 0 Å². The maximum atomic E-state index is 10.8. The highest BCUT2D eigenvalue weighted by molar-refractivity contribution is 7.83. The third-order valence-corrected chi connectivity index (χ3v) is 2.83. The first-order valence-corrected chi connectivity index (χ1v) is 4.65. The second-order valence-electron chi connectivity index (χ2n) is 2.47. The summed E-state index contributed by atoms with van der Waals surface area (Å²) in [7, 11) is -1.43. The molecule has 0 aliphatic carbocycles. The first-order chi connectivity index (χ1) is 5.25. The molecule has 0 aromatic carbocycles. The van der Waals surface area contributed by atoms with E-state index in [1.54, 1.807) is 0 Å². The lowest BCUT2D eigenvalue weighted by Crippen LogP contribution is -2.38. The number of ether oxygens (including phenoxy) is 1. The molecule has 4 nitrogen and oxygen atoms in total. The van der Waals surface area contributed by atoms with Crippen LogP contribution in [-0.2, 0) is 15.7 Å². The summed E-state index contributed by atoms with van der Waals surface area (Å²) in [5, 5.41) is 13.5. The van der Waals surface area contributed by atoms with Gasteiger partial charge in [-0.2, -0.15) is 5.26 Å². The van der Waals surface area contributed by atoms with E-state index in [0.717, 1.165) is 0 Å². The van der Waals surface area contributed by atoms with Crippen LogP contribution in [0.3, 0.4) is 0 Å². The van der Waals surface area contributed by atoms with Crippen LogP contribution in [0.25, 0.3) is 0 Å².